The number of aromatic nitrogens is 2. The number of benzene rings is 1. The zero-order chi connectivity index (χ0) is 14.0. The van der Waals surface area contributed by atoms with Crippen molar-refractivity contribution in [3.05, 3.63) is 46.4 Å². The zero-order valence-corrected chi connectivity index (χ0v) is 11.3. The van der Waals surface area contributed by atoms with Crippen molar-refractivity contribution in [2.45, 2.75) is 19.8 Å². The molecule has 0 atom stereocenters. The van der Waals surface area contributed by atoms with Crippen molar-refractivity contribution in [3.8, 4) is 0 Å². The fourth-order valence-electron chi connectivity index (χ4n) is 1.59. The minimum Gasteiger partial charge on any atom is -0.305 e. The van der Waals surface area contributed by atoms with Crippen LogP contribution in [0.2, 0.25) is 5.02 Å². The molecule has 19 heavy (non-hydrogen) atoms. The maximum Gasteiger partial charge on any atom is 0.261 e. The summed E-state index contributed by atoms with van der Waals surface area (Å²) in [6.45, 7) is 3.99. The molecule has 1 heterocycles. The molecule has 1 aromatic heterocycles. The van der Waals surface area contributed by atoms with Crippen molar-refractivity contribution >= 4 is 23.3 Å². The zero-order valence-electron chi connectivity index (χ0n) is 10.5. The van der Waals surface area contributed by atoms with Crippen LogP contribution in [0.3, 0.4) is 0 Å². The first-order valence-electron chi connectivity index (χ1n) is 5.79. The number of aromatic amines is 1. The standard InChI is InChI=1S/C13H13ClFN3O/c1-7(2)10-6-11(18-17-10)16-13(19)12-8(14)4-3-5-9(12)15/h3-7H,1-2H3,(H2,16,17,18,19). The molecule has 1 amide bonds. The molecule has 4 nitrogen and oxygen atoms in total. The summed E-state index contributed by atoms with van der Waals surface area (Å²) in [5.41, 5.74) is 0.702. The lowest BCUT2D eigenvalue weighted by Gasteiger charge is -2.05. The minimum atomic E-state index is -0.662. The van der Waals surface area contributed by atoms with Crippen LogP contribution < -0.4 is 5.32 Å². The lowest BCUT2D eigenvalue weighted by atomic mass is 10.1. The van der Waals surface area contributed by atoms with Crippen molar-refractivity contribution in [1.82, 2.24) is 10.2 Å². The lowest BCUT2D eigenvalue weighted by Crippen LogP contribution is -2.14. The normalized spacial score (nSPS) is 10.8. The number of H-pyrrole nitrogens is 1. The fourth-order valence-corrected chi connectivity index (χ4v) is 1.84. The Balaban J connectivity index is 2.21. The molecule has 2 aromatic rings. The number of nitrogens with one attached hydrogen (secondary N) is 2. The summed E-state index contributed by atoms with van der Waals surface area (Å²) in [7, 11) is 0. The van der Waals surface area contributed by atoms with Gasteiger partial charge in [-0.15, -0.1) is 0 Å². The molecule has 1 aromatic carbocycles. The van der Waals surface area contributed by atoms with Crippen molar-refractivity contribution in [3.63, 3.8) is 0 Å². The Labute approximate surface area is 115 Å². The van der Waals surface area contributed by atoms with E-state index in [2.05, 4.69) is 15.5 Å². The highest BCUT2D eigenvalue weighted by Crippen LogP contribution is 2.21. The van der Waals surface area contributed by atoms with Crippen LogP contribution in [0.15, 0.2) is 24.3 Å². The van der Waals surface area contributed by atoms with Gasteiger partial charge in [-0.25, -0.2) is 4.39 Å². The molecule has 0 radical (unpaired) electrons. The van der Waals surface area contributed by atoms with E-state index in [1.165, 1.54) is 18.2 Å². The highest BCUT2D eigenvalue weighted by atomic mass is 35.5. The van der Waals surface area contributed by atoms with Crippen molar-refractivity contribution in [2.24, 2.45) is 0 Å². The monoisotopic (exact) mass is 281 g/mol. The number of amides is 1. The predicted octanol–water partition coefficient (Wildman–Crippen LogP) is 3.58. The van der Waals surface area contributed by atoms with Crippen LogP contribution in [0.1, 0.15) is 35.8 Å². The van der Waals surface area contributed by atoms with E-state index in [9.17, 15) is 9.18 Å². The third kappa shape index (κ3) is 2.93. The van der Waals surface area contributed by atoms with Gasteiger partial charge >= 0.3 is 0 Å². The number of hydrogen-bond acceptors (Lipinski definition) is 2. The van der Waals surface area contributed by atoms with Crippen LogP contribution >= 0.6 is 11.6 Å². The van der Waals surface area contributed by atoms with E-state index >= 15 is 0 Å². The van der Waals surface area contributed by atoms with Gasteiger partial charge in [-0.1, -0.05) is 31.5 Å². The van der Waals surface area contributed by atoms with Crippen molar-refractivity contribution < 1.29 is 9.18 Å². The summed E-state index contributed by atoms with van der Waals surface area (Å²) in [5.74, 6) is -0.683. The Hall–Kier alpha value is -1.88. The highest BCUT2D eigenvalue weighted by Gasteiger charge is 2.17. The fraction of sp³-hybridized carbons (Fsp3) is 0.231. The number of anilines is 1. The molecule has 0 aliphatic carbocycles. The molecule has 0 aliphatic rings. The van der Waals surface area contributed by atoms with Gasteiger partial charge in [-0.2, -0.15) is 5.10 Å². The van der Waals surface area contributed by atoms with E-state index in [1.54, 1.807) is 6.07 Å². The maximum absolute atomic E-state index is 13.6. The van der Waals surface area contributed by atoms with Crippen LogP contribution in [0.4, 0.5) is 10.2 Å². The van der Waals surface area contributed by atoms with Gasteiger partial charge in [-0.3, -0.25) is 9.89 Å². The Bertz CT molecular complexity index is 589. The topological polar surface area (TPSA) is 57.8 Å². The summed E-state index contributed by atoms with van der Waals surface area (Å²) >= 11 is 5.82. The van der Waals surface area contributed by atoms with E-state index in [0.29, 0.717) is 5.82 Å². The number of carbonyl (C=O) groups excluding carboxylic acids is 1. The van der Waals surface area contributed by atoms with Crippen LogP contribution in [0.25, 0.3) is 0 Å². The summed E-state index contributed by atoms with van der Waals surface area (Å²) < 4.78 is 13.6. The van der Waals surface area contributed by atoms with Gasteiger partial charge in [0.1, 0.15) is 5.82 Å². The van der Waals surface area contributed by atoms with Crippen molar-refractivity contribution in [2.75, 3.05) is 5.32 Å². The second-order valence-electron chi connectivity index (χ2n) is 4.41. The average Bonchev–Trinajstić information content (AvgIpc) is 2.77. The van der Waals surface area contributed by atoms with E-state index in [0.717, 1.165) is 5.69 Å². The molecule has 100 valence electrons. The van der Waals surface area contributed by atoms with Gasteiger partial charge in [-0.05, 0) is 18.1 Å². The van der Waals surface area contributed by atoms with E-state index < -0.39 is 11.7 Å². The number of carbonyl (C=O) groups is 1. The van der Waals surface area contributed by atoms with Gasteiger partial charge in [0.25, 0.3) is 5.91 Å². The molecule has 2 rings (SSSR count). The molecule has 0 saturated carbocycles. The molecule has 0 bridgehead atoms. The quantitative estimate of drug-likeness (QED) is 0.903. The van der Waals surface area contributed by atoms with E-state index in [-0.39, 0.29) is 16.5 Å². The maximum atomic E-state index is 13.6. The Morgan fingerprint density at radius 1 is 1.47 bits per heavy atom. The molecule has 0 fully saturated rings. The number of hydrogen-bond donors (Lipinski definition) is 2. The predicted molar refractivity (Wildman–Crippen MR) is 72.0 cm³/mol. The second kappa shape index (κ2) is 5.40. The summed E-state index contributed by atoms with van der Waals surface area (Å²) in [6.07, 6.45) is 0. The van der Waals surface area contributed by atoms with Crippen LogP contribution in [-0.2, 0) is 0 Å². The minimum absolute atomic E-state index is 0.0668. The van der Waals surface area contributed by atoms with E-state index in [4.69, 9.17) is 11.6 Å². The summed E-state index contributed by atoms with van der Waals surface area (Å²) in [6, 6.07) is 5.80. The van der Waals surface area contributed by atoms with Gasteiger partial charge in [0.05, 0.1) is 10.6 Å². The number of halogens is 2. The molecular weight excluding hydrogens is 269 g/mol. The molecule has 2 N–H and O–H groups in total. The lowest BCUT2D eigenvalue weighted by molar-refractivity contribution is 0.102. The van der Waals surface area contributed by atoms with Gasteiger partial charge in [0.15, 0.2) is 5.82 Å². The molecular formula is C13H13ClFN3O. The Kier molecular flexibility index (Phi) is 3.85. The third-order valence-electron chi connectivity index (χ3n) is 2.65. The Morgan fingerprint density at radius 2 is 2.21 bits per heavy atom. The van der Waals surface area contributed by atoms with Crippen LogP contribution in [0.5, 0.6) is 0 Å². The molecule has 0 spiro atoms. The van der Waals surface area contributed by atoms with Gasteiger partial charge in [0.2, 0.25) is 0 Å². The largest absolute Gasteiger partial charge is 0.305 e. The summed E-state index contributed by atoms with van der Waals surface area (Å²) in [5, 5.41) is 9.32. The van der Waals surface area contributed by atoms with Gasteiger partial charge < -0.3 is 5.32 Å². The van der Waals surface area contributed by atoms with Gasteiger partial charge in [0, 0.05) is 11.8 Å². The average molecular weight is 282 g/mol. The van der Waals surface area contributed by atoms with Crippen LogP contribution in [-0.4, -0.2) is 16.1 Å². The molecule has 0 aliphatic heterocycles. The van der Waals surface area contributed by atoms with Crippen LogP contribution in [0, 0.1) is 5.82 Å². The first kappa shape index (κ1) is 13.5. The third-order valence-corrected chi connectivity index (χ3v) is 2.97. The molecule has 0 unspecified atom stereocenters. The van der Waals surface area contributed by atoms with E-state index in [1.807, 2.05) is 13.8 Å². The Morgan fingerprint density at radius 3 is 2.79 bits per heavy atom. The number of rotatable bonds is 3. The first-order chi connectivity index (χ1) is 8.99. The first-order valence-corrected chi connectivity index (χ1v) is 6.17. The van der Waals surface area contributed by atoms with Crippen molar-refractivity contribution in [1.29, 1.82) is 0 Å². The number of nitrogens with zero attached hydrogens (tertiary/aromatic N) is 1. The second-order valence-corrected chi connectivity index (χ2v) is 4.82. The smallest absolute Gasteiger partial charge is 0.261 e. The molecule has 6 heteroatoms. The highest BCUT2D eigenvalue weighted by molar-refractivity contribution is 6.34. The summed E-state index contributed by atoms with van der Waals surface area (Å²) in [4.78, 5) is 11.9. The molecule has 0 saturated heterocycles. The SMILES string of the molecule is CC(C)c1cc(NC(=O)c2c(F)cccc2Cl)n[nH]1.